The van der Waals surface area contributed by atoms with Crippen LogP contribution in [0.4, 0.5) is 16.2 Å². The number of carbonyl (C=O) groups excluding carboxylic acids is 1. The maximum absolute atomic E-state index is 11.8. The highest BCUT2D eigenvalue weighted by Gasteiger charge is 2.02. The first-order chi connectivity index (χ1) is 9.17. The summed E-state index contributed by atoms with van der Waals surface area (Å²) in [6, 6.07) is 14.5. The Morgan fingerprint density at radius 2 is 1.74 bits per heavy atom. The van der Waals surface area contributed by atoms with E-state index in [1.165, 1.54) is 5.56 Å². The molecule has 0 heterocycles. The lowest BCUT2D eigenvalue weighted by molar-refractivity contribution is 0.262. The van der Waals surface area contributed by atoms with Crippen molar-refractivity contribution in [3.63, 3.8) is 0 Å². The van der Waals surface area contributed by atoms with Crippen molar-refractivity contribution in [1.82, 2.24) is 0 Å². The molecule has 0 radical (unpaired) electrons. The Bertz CT molecular complexity index is 567. The summed E-state index contributed by atoms with van der Waals surface area (Å²) in [6.45, 7) is 2.09. The van der Waals surface area contributed by atoms with Crippen molar-refractivity contribution in [3.8, 4) is 0 Å². The van der Waals surface area contributed by atoms with Crippen LogP contribution in [0.1, 0.15) is 12.5 Å². The smallest absolute Gasteiger partial charge is 0.308 e. The van der Waals surface area contributed by atoms with Crippen molar-refractivity contribution in [1.29, 1.82) is 0 Å². The van der Waals surface area contributed by atoms with Crippen LogP contribution in [0.25, 0.3) is 0 Å². The van der Waals surface area contributed by atoms with E-state index in [0.29, 0.717) is 10.7 Å². The number of benzene rings is 2. The van der Waals surface area contributed by atoms with Gasteiger partial charge in [0, 0.05) is 16.4 Å². The van der Waals surface area contributed by atoms with Gasteiger partial charge in [-0.3, -0.25) is 0 Å². The number of halogens is 1. The third-order valence-electron chi connectivity index (χ3n) is 2.70. The van der Waals surface area contributed by atoms with E-state index >= 15 is 0 Å². The van der Waals surface area contributed by atoms with E-state index in [1.807, 2.05) is 24.3 Å². The summed E-state index contributed by atoms with van der Waals surface area (Å²) in [4.78, 5) is 11.8. The van der Waals surface area contributed by atoms with Crippen LogP contribution >= 0.6 is 11.6 Å². The van der Waals surface area contributed by atoms with Gasteiger partial charge in [0.05, 0.1) is 0 Å². The maximum Gasteiger partial charge on any atom is 0.323 e. The van der Waals surface area contributed by atoms with Gasteiger partial charge in [-0.25, -0.2) is 4.79 Å². The van der Waals surface area contributed by atoms with Gasteiger partial charge in [-0.1, -0.05) is 36.7 Å². The fourth-order valence-electron chi connectivity index (χ4n) is 1.68. The topological polar surface area (TPSA) is 41.1 Å². The quantitative estimate of drug-likeness (QED) is 0.847. The van der Waals surface area contributed by atoms with Crippen LogP contribution in [0.2, 0.25) is 5.02 Å². The summed E-state index contributed by atoms with van der Waals surface area (Å²) < 4.78 is 0. The molecule has 2 N–H and O–H groups in total. The molecule has 4 heteroatoms. The Labute approximate surface area is 117 Å². The van der Waals surface area contributed by atoms with Gasteiger partial charge in [-0.2, -0.15) is 0 Å². The van der Waals surface area contributed by atoms with Gasteiger partial charge >= 0.3 is 6.03 Å². The number of aryl methyl sites for hydroxylation is 1. The molecule has 19 heavy (non-hydrogen) atoms. The molecule has 2 aromatic rings. The minimum Gasteiger partial charge on any atom is -0.308 e. The third kappa shape index (κ3) is 4.00. The SMILES string of the molecule is CCc1ccc(NC(=O)Nc2cccc(Cl)c2)cc1. The van der Waals surface area contributed by atoms with E-state index in [4.69, 9.17) is 11.6 Å². The van der Waals surface area contributed by atoms with Crippen LogP contribution in [0, 0.1) is 0 Å². The molecule has 0 unspecified atom stereocenters. The maximum atomic E-state index is 11.8. The molecule has 0 aliphatic carbocycles. The second-order valence-electron chi connectivity index (χ2n) is 4.14. The highest BCUT2D eigenvalue weighted by atomic mass is 35.5. The second-order valence-corrected chi connectivity index (χ2v) is 4.58. The summed E-state index contributed by atoms with van der Waals surface area (Å²) in [7, 11) is 0. The van der Waals surface area contributed by atoms with Gasteiger partial charge in [0.15, 0.2) is 0 Å². The predicted octanol–water partition coefficient (Wildman–Crippen LogP) is 4.55. The van der Waals surface area contributed by atoms with Gasteiger partial charge in [-0.05, 0) is 42.3 Å². The largest absolute Gasteiger partial charge is 0.323 e. The first-order valence-corrected chi connectivity index (χ1v) is 6.47. The van der Waals surface area contributed by atoms with Crippen molar-refractivity contribution in [3.05, 3.63) is 59.1 Å². The summed E-state index contributed by atoms with van der Waals surface area (Å²) in [6.07, 6.45) is 0.981. The zero-order valence-electron chi connectivity index (χ0n) is 10.6. The molecule has 2 rings (SSSR count). The molecule has 2 aromatic carbocycles. The molecule has 98 valence electrons. The lowest BCUT2D eigenvalue weighted by atomic mass is 10.1. The first-order valence-electron chi connectivity index (χ1n) is 6.10. The van der Waals surface area contributed by atoms with Gasteiger partial charge in [0.1, 0.15) is 0 Å². The van der Waals surface area contributed by atoms with E-state index in [-0.39, 0.29) is 6.03 Å². The van der Waals surface area contributed by atoms with E-state index < -0.39 is 0 Å². The Morgan fingerprint density at radius 3 is 2.37 bits per heavy atom. The Balaban J connectivity index is 1.97. The van der Waals surface area contributed by atoms with Crippen LogP contribution in [0.3, 0.4) is 0 Å². The Morgan fingerprint density at radius 1 is 1.05 bits per heavy atom. The van der Waals surface area contributed by atoms with Crippen LogP contribution < -0.4 is 10.6 Å². The highest BCUT2D eigenvalue weighted by molar-refractivity contribution is 6.30. The molecule has 0 spiro atoms. The molecular formula is C15H15ClN2O. The fraction of sp³-hybridized carbons (Fsp3) is 0.133. The van der Waals surface area contributed by atoms with Crippen LogP contribution in [-0.2, 0) is 6.42 Å². The molecule has 0 bridgehead atoms. The molecular weight excluding hydrogens is 260 g/mol. The number of rotatable bonds is 3. The molecule has 0 atom stereocenters. The summed E-state index contributed by atoms with van der Waals surface area (Å²) >= 11 is 5.85. The van der Waals surface area contributed by atoms with Crippen LogP contribution in [-0.4, -0.2) is 6.03 Å². The minimum absolute atomic E-state index is 0.286. The standard InChI is InChI=1S/C15H15ClN2O/c1-2-11-6-8-13(9-7-11)17-15(19)18-14-5-3-4-12(16)10-14/h3-10H,2H2,1H3,(H2,17,18,19). The van der Waals surface area contributed by atoms with Crippen LogP contribution in [0.5, 0.6) is 0 Å². The van der Waals surface area contributed by atoms with Gasteiger partial charge < -0.3 is 10.6 Å². The third-order valence-corrected chi connectivity index (χ3v) is 2.94. The molecule has 0 saturated carbocycles. The van der Waals surface area contributed by atoms with E-state index in [2.05, 4.69) is 17.6 Å². The van der Waals surface area contributed by atoms with Crippen molar-refractivity contribution >= 4 is 29.0 Å². The normalized spacial score (nSPS) is 10.0. The molecule has 0 aromatic heterocycles. The van der Waals surface area contributed by atoms with E-state index in [1.54, 1.807) is 24.3 Å². The van der Waals surface area contributed by atoms with Gasteiger partial charge in [0.2, 0.25) is 0 Å². The lowest BCUT2D eigenvalue weighted by Gasteiger charge is -2.08. The molecule has 3 nitrogen and oxygen atoms in total. The number of hydrogen-bond acceptors (Lipinski definition) is 1. The lowest BCUT2D eigenvalue weighted by Crippen LogP contribution is -2.19. The highest BCUT2D eigenvalue weighted by Crippen LogP contribution is 2.15. The number of hydrogen-bond donors (Lipinski definition) is 2. The summed E-state index contributed by atoms with van der Waals surface area (Å²) in [5.74, 6) is 0. The molecule has 0 aliphatic rings. The van der Waals surface area contributed by atoms with Gasteiger partial charge in [0.25, 0.3) is 0 Å². The monoisotopic (exact) mass is 274 g/mol. The first kappa shape index (κ1) is 13.4. The zero-order chi connectivity index (χ0) is 13.7. The number of carbonyl (C=O) groups is 1. The average molecular weight is 275 g/mol. The van der Waals surface area contributed by atoms with Crippen molar-refractivity contribution < 1.29 is 4.79 Å². The summed E-state index contributed by atoms with van der Waals surface area (Å²) in [5.41, 5.74) is 2.66. The van der Waals surface area contributed by atoms with E-state index in [0.717, 1.165) is 12.1 Å². The molecule has 2 amide bonds. The molecule has 0 aliphatic heterocycles. The Hall–Kier alpha value is -2.00. The second kappa shape index (κ2) is 6.25. The number of nitrogens with one attached hydrogen (secondary N) is 2. The van der Waals surface area contributed by atoms with Gasteiger partial charge in [-0.15, -0.1) is 0 Å². The zero-order valence-corrected chi connectivity index (χ0v) is 11.4. The number of amides is 2. The minimum atomic E-state index is -0.286. The number of anilines is 2. The predicted molar refractivity (Wildman–Crippen MR) is 79.9 cm³/mol. The fourth-order valence-corrected chi connectivity index (χ4v) is 1.87. The molecule has 0 fully saturated rings. The van der Waals surface area contributed by atoms with Crippen molar-refractivity contribution in [2.24, 2.45) is 0 Å². The van der Waals surface area contributed by atoms with Crippen molar-refractivity contribution in [2.75, 3.05) is 10.6 Å². The Kier molecular flexibility index (Phi) is 4.42. The van der Waals surface area contributed by atoms with Crippen LogP contribution in [0.15, 0.2) is 48.5 Å². The number of urea groups is 1. The molecule has 0 saturated heterocycles. The average Bonchev–Trinajstić information content (AvgIpc) is 2.39. The van der Waals surface area contributed by atoms with E-state index in [9.17, 15) is 4.79 Å². The van der Waals surface area contributed by atoms with Crippen molar-refractivity contribution in [2.45, 2.75) is 13.3 Å². The summed E-state index contributed by atoms with van der Waals surface area (Å²) in [5, 5.41) is 6.08.